The summed E-state index contributed by atoms with van der Waals surface area (Å²) in [6, 6.07) is 4.98. The van der Waals surface area contributed by atoms with Crippen LogP contribution in [0.4, 0.5) is 0 Å². The van der Waals surface area contributed by atoms with E-state index in [-0.39, 0.29) is 29.2 Å². The van der Waals surface area contributed by atoms with E-state index in [1.807, 2.05) is 18.4 Å². The molecule has 1 amide bonds. The summed E-state index contributed by atoms with van der Waals surface area (Å²) in [6.45, 7) is 2.41. The van der Waals surface area contributed by atoms with Crippen molar-refractivity contribution in [2.45, 2.75) is 25.9 Å². The van der Waals surface area contributed by atoms with Crippen molar-refractivity contribution in [1.29, 1.82) is 0 Å². The molecule has 1 aliphatic heterocycles. The standard InChI is InChI=1S/C15H17NO4S2/c1-11-4-7-21-14(11)9-16(12-5-8-22(18,19)10-12)15(17)13-3-2-6-20-13/h2-4,6-7,12H,5,8-10H2,1H3/t12-/m1/s1. The lowest BCUT2D eigenvalue weighted by Crippen LogP contribution is -2.40. The zero-order valence-corrected chi connectivity index (χ0v) is 13.8. The summed E-state index contributed by atoms with van der Waals surface area (Å²) in [5.41, 5.74) is 1.11. The van der Waals surface area contributed by atoms with Crippen molar-refractivity contribution in [3.05, 3.63) is 46.0 Å². The minimum Gasteiger partial charge on any atom is -0.459 e. The van der Waals surface area contributed by atoms with Gasteiger partial charge >= 0.3 is 0 Å². The van der Waals surface area contributed by atoms with Crippen molar-refractivity contribution in [3.63, 3.8) is 0 Å². The molecule has 3 heterocycles. The Morgan fingerprint density at radius 1 is 1.45 bits per heavy atom. The third-order valence-electron chi connectivity index (χ3n) is 3.92. The molecule has 1 saturated heterocycles. The molecule has 0 radical (unpaired) electrons. The smallest absolute Gasteiger partial charge is 0.290 e. The van der Waals surface area contributed by atoms with E-state index in [0.717, 1.165) is 10.4 Å². The van der Waals surface area contributed by atoms with Gasteiger partial charge in [-0.15, -0.1) is 11.3 Å². The quantitative estimate of drug-likeness (QED) is 0.858. The number of thiophene rings is 1. The van der Waals surface area contributed by atoms with Crippen molar-refractivity contribution >= 4 is 27.1 Å². The number of carbonyl (C=O) groups excluding carboxylic acids is 1. The molecule has 1 fully saturated rings. The van der Waals surface area contributed by atoms with Crippen LogP contribution in [0, 0.1) is 6.92 Å². The van der Waals surface area contributed by atoms with Crippen LogP contribution in [0.3, 0.4) is 0 Å². The topological polar surface area (TPSA) is 67.6 Å². The first-order valence-corrected chi connectivity index (χ1v) is 9.74. The predicted molar refractivity (Wildman–Crippen MR) is 84.7 cm³/mol. The molecule has 3 rings (SSSR count). The average molecular weight is 339 g/mol. The van der Waals surface area contributed by atoms with Crippen LogP contribution in [0.25, 0.3) is 0 Å². The summed E-state index contributed by atoms with van der Waals surface area (Å²) < 4.78 is 28.7. The highest BCUT2D eigenvalue weighted by Gasteiger charge is 2.36. The first-order chi connectivity index (χ1) is 10.5. The number of amides is 1. The minimum absolute atomic E-state index is 0.0316. The highest BCUT2D eigenvalue weighted by molar-refractivity contribution is 7.91. The predicted octanol–water partition coefficient (Wildman–Crippen LogP) is 2.48. The molecule has 7 heteroatoms. The van der Waals surface area contributed by atoms with E-state index < -0.39 is 9.84 Å². The fourth-order valence-corrected chi connectivity index (χ4v) is 5.29. The lowest BCUT2D eigenvalue weighted by molar-refractivity contribution is 0.0650. The maximum atomic E-state index is 12.7. The summed E-state index contributed by atoms with van der Waals surface area (Å²) in [5.74, 6) is 0.172. The number of rotatable bonds is 4. The summed E-state index contributed by atoms with van der Waals surface area (Å²) in [5, 5.41) is 1.98. The van der Waals surface area contributed by atoms with Gasteiger partial charge in [-0.05, 0) is 42.5 Å². The number of nitrogens with zero attached hydrogens (tertiary/aromatic N) is 1. The summed E-state index contributed by atoms with van der Waals surface area (Å²) in [6.07, 6.45) is 1.94. The third-order valence-corrected chi connectivity index (χ3v) is 6.68. The zero-order valence-electron chi connectivity index (χ0n) is 12.2. The first-order valence-electron chi connectivity index (χ1n) is 7.04. The molecule has 5 nitrogen and oxygen atoms in total. The second kappa shape index (κ2) is 5.89. The van der Waals surface area contributed by atoms with Crippen LogP contribution in [0.2, 0.25) is 0 Å². The second-order valence-corrected chi connectivity index (χ2v) is 8.72. The molecule has 0 aromatic carbocycles. The van der Waals surface area contributed by atoms with Crippen LogP contribution < -0.4 is 0 Å². The molecule has 1 atom stereocenters. The van der Waals surface area contributed by atoms with Crippen molar-refractivity contribution in [3.8, 4) is 0 Å². The van der Waals surface area contributed by atoms with E-state index >= 15 is 0 Å². The number of hydrogen-bond donors (Lipinski definition) is 0. The van der Waals surface area contributed by atoms with Crippen LogP contribution in [0.5, 0.6) is 0 Å². The number of hydrogen-bond acceptors (Lipinski definition) is 5. The molecule has 22 heavy (non-hydrogen) atoms. The van der Waals surface area contributed by atoms with Gasteiger partial charge in [-0.3, -0.25) is 4.79 Å². The Morgan fingerprint density at radius 3 is 2.82 bits per heavy atom. The second-order valence-electron chi connectivity index (χ2n) is 5.49. The maximum absolute atomic E-state index is 12.7. The normalized spacial score (nSPS) is 20.1. The molecule has 0 unspecified atom stereocenters. The van der Waals surface area contributed by atoms with Gasteiger partial charge in [0.05, 0.1) is 24.3 Å². The first kappa shape index (κ1) is 15.3. The summed E-state index contributed by atoms with van der Waals surface area (Å²) in [4.78, 5) is 15.4. The molecule has 0 N–H and O–H groups in total. The highest BCUT2D eigenvalue weighted by Crippen LogP contribution is 2.25. The number of carbonyl (C=O) groups is 1. The van der Waals surface area contributed by atoms with Gasteiger partial charge in [0.25, 0.3) is 5.91 Å². The van der Waals surface area contributed by atoms with Gasteiger partial charge in [0.15, 0.2) is 15.6 Å². The van der Waals surface area contributed by atoms with Gasteiger partial charge in [-0.2, -0.15) is 0 Å². The minimum atomic E-state index is -3.05. The Morgan fingerprint density at radius 2 is 2.27 bits per heavy atom. The zero-order chi connectivity index (χ0) is 15.7. The Hall–Kier alpha value is -1.60. The largest absolute Gasteiger partial charge is 0.459 e. The van der Waals surface area contributed by atoms with E-state index in [0.29, 0.717) is 13.0 Å². The van der Waals surface area contributed by atoms with E-state index in [1.165, 1.54) is 6.26 Å². The Kier molecular flexibility index (Phi) is 4.10. The highest BCUT2D eigenvalue weighted by atomic mass is 32.2. The Bertz CT molecular complexity index is 761. The molecule has 0 bridgehead atoms. The van der Waals surface area contributed by atoms with Crippen LogP contribution >= 0.6 is 11.3 Å². The Balaban J connectivity index is 1.88. The van der Waals surface area contributed by atoms with E-state index in [4.69, 9.17) is 4.42 Å². The van der Waals surface area contributed by atoms with Crippen molar-refractivity contribution < 1.29 is 17.6 Å². The van der Waals surface area contributed by atoms with Gasteiger partial charge in [0.1, 0.15) is 0 Å². The third kappa shape index (κ3) is 3.10. The molecule has 1 aliphatic rings. The number of furan rings is 1. The maximum Gasteiger partial charge on any atom is 0.290 e. The summed E-state index contributed by atoms with van der Waals surface area (Å²) >= 11 is 1.58. The monoisotopic (exact) mass is 339 g/mol. The van der Waals surface area contributed by atoms with Crippen LogP contribution in [0.1, 0.15) is 27.4 Å². The van der Waals surface area contributed by atoms with Gasteiger partial charge in [-0.1, -0.05) is 0 Å². The van der Waals surface area contributed by atoms with Gasteiger partial charge in [0.2, 0.25) is 0 Å². The van der Waals surface area contributed by atoms with E-state index in [1.54, 1.807) is 28.4 Å². The van der Waals surface area contributed by atoms with Gasteiger partial charge in [0, 0.05) is 10.9 Å². The average Bonchev–Trinajstić information content (AvgIpc) is 3.17. The number of aryl methyl sites for hydroxylation is 1. The molecular formula is C15H17NO4S2. The fraction of sp³-hybridized carbons (Fsp3) is 0.400. The Labute approximate surface area is 133 Å². The SMILES string of the molecule is Cc1ccsc1CN(C(=O)c1ccco1)[C@@H]1CCS(=O)(=O)C1. The molecule has 118 valence electrons. The fourth-order valence-electron chi connectivity index (χ4n) is 2.65. The number of sulfone groups is 1. The summed E-state index contributed by atoms with van der Waals surface area (Å²) in [7, 11) is -3.05. The molecule has 2 aromatic heterocycles. The van der Waals surface area contributed by atoms with Gasteiger partial charge in [-0.25, -0.2) is 8.42 Å². The molecule has 0 spiro atoms. The van der Waals surface area contributed by atoms with Crippen molar-refractivity contribution in [1.82, 2.24) is 4.90 Å². The van der Waals surface area contributed by atoms with Crippen LogP contribution in [-0.2, 0) is 16.4 Å². The van der Waals surface area contributed by atoms with Crippen LogP contribution in [-0.4, -0.2) is 36.8 Å². The van der Waals surface area contributed by atoms with Crippen molar-refractivity contribution in [2.24, 2.45) is 0 Å². The van der Waals surface area contributed by atoms with Gasteiger partial charge < -0.3 is 9.32 Å². The molecular weight excluding hydrogens is 322 g/mol. The van der Waals surface area contributed by atoms with Crippen LogP contribution in [0.15, 0.2) is 34.3 Å². The molecule has 0 saturated carbocycles. The molecule has 0 aliphatic carbocycles. The molecule has 2 aromatic rings. The lowest BCUT2D eigenvalue weighted by atomic mass is 10.2. The van der Waals surface area contributed by atoms with E-state index in [2.05, 4.69) is 0 Å². The lowest BCUT2D eigenvalue weighted by Gasteiger charge is -2.27. The van der Waals surface area contributed by atoms with Crippen molar-refractivity contribution in [2.75, 3.05) is 11.5 Å². The van der Waals surface area contributed by atoms with E-state index in [9.17, 15) is 13.2 Å².